The summed E-state index contributed by atoms with van der Waals surface area (Å²) in [5, 5.41) is 15.0. The third-order valence-corrected chi connectivity index (χ3v) is 3.05. The van der Waals surface area contributed by atoms with Crippen molar-refractivity contribution in [1.82, 2.24) is 9.78 Å². The average Bonchev–Trinajstić information content (AvgIpc) is 2.70. The fourth-order valence-corrected chi connectivity index (χ4v) is 2.14. The number of aliphatic hydroxyl groups is 1. The Kier molecular flexibility index (Phi) is 3.59. The lowest BCUT2D eigenvalue weighted by Gasteiger charge is -2.17. The third kappa shape index (κ3) is 2.35. The molecule has 0 aliphatic carbocycles. The molecular weight excluding hydrogens is 250 g/mol. The van der Waals surface area contributed by atoms with E-state index in [2.05, 4.69) is 5.10 Å². The monoisotopic (exact) mass is 265 g/mol. The minimum absolute atomic E-state index is 0.128. The zero-order valence-corrected chi connectivity index (χ0v) is 11.1. The van der Waals surface area contributed by atoms with Crippen LogP contribution in [-0.2, 0) is 0 Å². The highest BCUT2D eigenvalue weighted by Crippen LogP contribution is 2.30. The van der Waals surface area contributed by atoms with Crippen molar-refractivity contribution in [1.29, 1.82) is 0 Å². The normalized spacial score (nSPS) is 12.9. The van der Waals surface area contributed by atoms with E-state index in [4.69, 9.17) is 17.3 Å². The quantitative estimate of drug-likeness (QED) is 0.839. The Balaban J connectivity index is 2.45. The molecule has 0 spiro atoms. The lowest BCUT2D eigenvalue weighted by Crippen LogP contribution is -2.12. The molecule has 1 aromatic carbocycles. The van der Waals surface area contributed by atoms with Gasteiger partial charge in [-0.1, -0.05) is 23.7 Å². The molecule has 0 amide bonds. The van der Waals surface area contributed by atoms with Gasteiger partial charge in [-0.25, -0.2) is 0 Å². The summed E-state index contributed by atoms with van der Waals surface area (Å²) in [6, 6.07) is 7.26. The minimum Gasteiger partial charge on any atom is -0.399 e. The van der Waals surface area contributed by atoms with Crippen LogP contribution < -0.4 is 5.73 Å². The number of aromatic nitrogens is 2. The predicted molar refractivity (Wildman–Crippen MR) is 72.5 cm³/mol. The number of rotatable bonds is 3. The first-order valence-electron chi connectivity index (χ1n) is 5.77. The SMILES string of the molecule is CC(C)n1ncc(Cl)c1C(O)c1cccc(N)c1. The van der Waals surface area contributed by atoms with Gasteiger partial charge in [0.25, 0.3) is 0 Å². The Hall–Kier alpha value is -1.52. The molecule has 3 N–H and O–H groups in total. The molecular formula is C13H16ClN3O. The molecule has 0 aliphatic heterocycles. The maximum atomic E-state index is 10.4. The van der Waals surface area contributed by atoms with Crippen LogP contribution in [0.15, 0.2) is 30.5 Å². The van der Waals surface area contributed by atoms with Gasteiger partial charge in [-0.15, -0.1) is 0 Å². The second-order valence-electron chi connectivity index (χ2n) is 4.49. The van der Waals surface area contributed by atoms with Gasteiger partial charge in [0.1, 0.15) is 6.10 Å². The predicted octanol–water partition coefficient (Wildman–Crippen LogP) is 2.78. The van der Waals surface area contributed by atoms with Crippen LogP contribution in [0.3, 0.4) is 0 Å². The van der Waals surface area contributed by atoms with Crippen molar-refractivity contribution in [2.75, 3.05) is 5.73 Å². The van der Waals surface area contributed by atoms with Crippen molar-refractivity contribution in [3.05, 3.63) is 46.7 Å². The van der Waals surface area contributed by atoms with E-state index in [1.54, 1.807) is 29.1 Å². The average molecular weight is 266 g/mol. The molecule has 0 bridgehead atoms. The van der Waals surface area contributed by atoms with E-state index in [-0.39, 0.29) is 6.04 Å². The first kappa shape index (κ1) is 12.9. The van der Waals surface area contributed by atoms with Gasteiger partial charge >= 0.3 is 0 Å². The van der Waals surface area contributed by atoms with Crippen molar-refractivity contribution in [3.63, 3.8) is 0 Å². The van der Waals surface area contributed by atoms with Crippen molar-refractivity contribution in [2.45, 2.75) is 26.0 Å². The largest absolute Gasteiger partial charge is 0.399 e. The van der Waals surface area contributed by atoms with Gasteiger partial charge in [0, 0.05) is 11.7 Å². The Labute approximate surface area is 111 Å². The van der Waals surface area contributed by atoms with Crippen molar-refractivity contribution >= 4 is 17.3 Å². The van der Waals surface area contributed by atoms with Crippen LogP contribution in [0.5, 0.6) is 0 Å². The van der Waals surface area contributed by atoms with Gasteiger partial charge in [0.2, 0.25) is 0 Å². The molecule has 1 aromatic heterocycles. The summed E-state index contributed by atoms with van der Waals surface area (Å²) in [7, 11) is 0. The second kappa shape index (κ2) is 5.00. The fourth-order valence-electron chi connectivity index (χ4n) is 1.91. The van der Waals surface area contributed by atoms with Crippen LogP contribution in [0, 0.1) is 0 Å². The molecule has 18 heavy (non-hydrogen) atoms. The summed E-state index contributed by atoms with van der Waals surface area (Å²) in [5.74, 6) is 0. The number of benzene rings is 1. The third-order valence-electron chi connectivity index (χ3n) is 2.76. The molecule has 0 fully saturated rings. The first-order chi connectivity index (χ1) is 8.50. The number of halogens is 1. The van der Waals surface area contributed by atoms with Crippen LogP contribution in [-0.4, -0.2) is 14.9 Å². The standard InChI is InChI=1S/C13H16ClN3O/c1-8(2)17-12(11(14)7-16-17)13(18)9-4-3-5-10(15)6-9/h3-8,13,18H,15H2,1-2H3. The Morgan fingerprint density at radius 2 is 2.11 bits per heavy atom. The maximum absolute atomic E-state index is 10.4. The molecule has 0 saturated carbocycles. The zero-order chi connectivity index (χ0) is 13.3. The van der Waals surface area contributed by atoms with E-state index >= 15 is 0 Å². The van der Waals surface area contributed by atoms with E-state index in [0.29, 0.717) is 22.0 Å². The number of nitrogens with zero attached hydrogens (tertiary/aromatic N) is 2. The fraction of sp³-hybridized carbons (Fsp3) is 0.308. The number of anilines is 1. The Bertz CT molecular complexity index is 551. The highest BCUT2D eigenvalue weighted by molar-refractivity contribution is 6.31. The lowest BCUT2D eigenvalue weighted by atomic mass is 10.1. The van der Waals surface area contributed by atoms with Crippen LogP contribution >= 0.6 is 11.6 Å². The first-order valence-corrected chi connectivity index (χ1v) is 6.15. The maximum Gasteiger partial charge on any atom is 0.122 e. The number of hydrogen-bond donors (Lipinski definition) is 2. The van der Waals surface area contributed by atoms with Gasteiger partial charge in [0.15, 0.2) is 0 Å². The van der Waals surface area contributed by atoms with Crippen molar-refractivity contribution in [2.24, 2.45) is 0 Å². The molecule has 1 unspecified atom stereocenters. The number of nitrogens with two attached hydrogens (primary N) is 1. The summed E-state index contributed by atoms with van der Waals surface area (Å²) in [6.07, 6.45) is 0.720. The van der Waals surface area contributed by atoms with E-state index in [9.17, 15) is 5.11 Å². The molecule has 0 radical (unpaired) electrons. The smallest absolute Gasteiger partial charge is 0.122 e. The Morgan fingerprint density at radius 3 is 2.72 bits per heavy atom. The summed E-state index contributed by atoms with van der Waals surface area (Å²) < 4.78 is 1.72. The lowest BCUT2D eigenvalue weighted by molar-refractivity contribution is 0.205. The van der Waals surface area contributed by atoms with Gasteiger partial charge in [-0.2, -0.15) is 5.10 Å². The van der Waals surface area contributed by atoms with Crippen molar-refractivity contribution < 1.29 is 5.11 Å². The highest BCUT2D eigenvalue weighted by atomic mass is 35.5. The summed E-state index contributed by atoms with van der Waals surface area (Å²) in [6.45, 7) is 3.97. The molecule has 2 rings (SSSR count). The van der Waals surface area contributed by atoms with Crippen molar-refractivity contribution in [3.8, 4) is 0 Å². The summed E-state index contributed by atoms with van der Waals surface area (Å²) >= 11 is 6.10. The highest BCUT2D eigenvalue weighted by Gasteiger charge is 2.21. The number of nitrogen functional groups attached to an aromatic ring is 1. The molecule has 1 heterocycles. The Morgan fingerprint density at radius 1 is 1.39 bits per heavy atom. The van der Waals surface area contributed by atoms with Crippen LogP contribution in [0.2, 0.25) is 5.02 Å². The second-order valence-corrected chi connectivity index (χ2v) is 4.90. The van der Waals surface area contributed by atoms with Gasteiger partial charge in [-0.3, -0.25) is 4.68 Å². The molecule has 2 aromatic rings. The van der Waals surface area contributed by atoms with E-state index in [1.807, 2.05) is 19.9 Å². The molecule has 4 nitrogen and oxygen atoms in total. The summed E-state index contributed by atoms with van der Waals surface area (Å²) in [4.78, 5) is 0. The summed E-state index contributed by atoms with van der Waals surface area (Å²) in [5.41, 5.74) is 7.63. The molecule has 96 valence electrons. The van der Waals surface area contributed by atoms with E-state index in [0.717, 1.165) is 0 Å². The van der Waals surface area contributed by atoms with E-state index in [1.165, 1.54) is 0 Å². The molecule has 0 saturated heterocycles. The molecule has 1 atom stereocenters. The molecule has 5 heteroatoms. The minimum atomic E-state index is -0.828. The number of hydrogen-bond acceptors (Lipinski definition) is 3. The molecule has 0 aliphatic rings. The zero-order valence-electron chi connectivity index (χ0n) is 10.3. The van der Waals surface area contributed by atoms with Gasteiger partial charge in [0.05, 0.1) is 16.9 Å². The van der Waals surface area contributed by atoms with E-state index < -0.39 is 6.10 Å². The number of aliphatic hydroxyl groups excluding tert-OH is 1. The van der Waals surface area contributed by atoms with Gasteiger partial charge in [-0.05, 0) is 31.5 Å². The topological polar surface area (TPSA) is 64.1 Å². The van der Waals surface area contributed by atoms with Crippen LogP contribution in [0.1, 0.15) is 37.3 Å². The van der Waals surface area contributed by atoms with Gasteiger partial charge < -0.3 is 10.8 Å². The van der Waals surface area contributed by atoms with Crippen LogP contribution in [0.4, 0.5) is 5.69 Å². The van der Waals surface area contributed by atoms with Crippen LogP contribution in [0.25, 0.3) is 0 Å².